The molecule has 0 amide bonds. The molecule has 0 bridgehead atoms. The number of carbonyl (C=O) groups excluding carboxylic acids is 1. The predicted molar refractivity (Wildman–Crippen MR) is 73.3 cm³/mol. The van der Waals surface area contributed by atoms with E-state index in [0.29, 0.717) is 11.4 Å². The Balaban J connectivity index is 2.15. The van der Waals surface area contributed by atoms with Crippen molar-refractivity contribution in [1.82, 2.24) is 9.55 Å². The van der Waals surface area contributed by atoms with Gasteiger partial charge in [0.15, 0.2) is 0 Å². The molecule has 0 aliphatic rings. The molecule has 0 saturated carbocycles. The summed E-state index contributed by atoms with van der Waals surface area (Å²) < 4.78 is 7.02. The maximum absolute atomic E-state index is 11.3. The van der Waals surface area contributed by atoms with Crippen molar-refractivity contribution >= 4 is 5.97 Å². The van der Waals surface area contributed by atoms with Gasteiger partial charge in [-0.15, -0.1) is 0 Å². The number of benzene rings is 1. The third kappa shape index (κ3) is 2.91. The highest BCUT2D eigenvalue weighted by Crippen LogP contribution is 2.19. The summed E-state index contributed by atoms with van der Waals surface area (Å²) in [4.78, 5) is 15.6. The van der Waals surface area contributed by atoms with Crippen LogP contribution in [-0.4, -0.2) is 15.5 Å². The molecule has 0 radical (unpaired) electrons. The van der Waals surface area contributed by atoms with Gasteiger partial charge in [-0.2, -0.15) is 0 Å². The molecule has 19 heavy (non-hydrogen) atoms. The Morgan fingerprint density at radius 1 is 1.37 bits per heavy atom. The second-order valence-electron chi connectivity index (χ2n) is 4.34. The van der Waals surface area contributed by atoms with E-state index < -0.39 is 5.97 Å². The lowest BCUT2D eigenvalue weighted by Crippen LogP contribution is -2.08. The summed E-state index contributed by atoms with van der Waals surface area (Å²) in [5.41, 5.74) is 2.45. The molecule has 0 fully saturated rings. The zero-order valence-corrected chi connectivity index (χ0v) is 11.1. The number of carbonyl (C=O) groups is 1. The highest BCUT2D eigenvalue weighted by atomic mass is 16.5. The van der Waals surface area contributed by atoms with Crippen molar-refractivity contribution in [2.75, 3.05) is 0 Å². The highest BCUT2D eigenvalue weighted by molar-refractivity contribution is 5.86. The molecule has 2 rings (SSSR count). The summed E-state index contributed by atoms with van der Waals surface area (Å²) in [7, 11) is 1.90. The lowest BCUT2D eigenvalue weighted by atomic mass is 10.2. The fraction of sp³-hybridized carbons (Fsp3) is 0.200. The van der Waals surface area contributed by atoms with Crippen LogP contribution in [0.1, 0.15) is 12.7 Å². The quantitative estimate of drug-likeness (QED) is 0.624. The van der Waals surface area contributed by atoms with E-state index in [-0.39, 0.29) is 6.61 Å². The number of ether oxygens (including phenoxy) is 1. The van der Waals surface area contributed by atoms with Gasteiger partial charge in [-0.1, -0.05) is 36.9 Å². The van der Waals surface area contributed by atoms with Gasteiger partial charge in [0.05, 0.1) is 11.9 Å². The zero-order chi connectivity index (χ0) is 13.8. The van der Waals surface area contributed by atoms with Crippen LogP contribution in [0, 0.1) is 0 Å². The first-order chi connectivity index (χ1) is 9.09. The summed E-state index contributed by atoms with van der Waals surface area (Å²) in [6, 6.07) is 9.95. The summed E-state index contributed by atoms with van der Waals surface area (Å²) in [6.07, 6.45) is 1.78. The molecule has 1 aromatic heterocycles. The smallest absolute Gasteiger partial charge is 0.333 e. The van der Waals surface area contributed by atoms with Crippen molar-refractivity contribution in [3.05, 3.63) is 54.5 Å². The minimum Gasteiger partial charge on any atom is -0.454 e. The van der Waals surface area contributed by atoms with Crippen molar-refractivity contribution in [2.24, 2.45) is 7.05 Å². The Bertz CT molecular complexity index is 600. The third-order valence-electron chi connectivity index (χ3n) is 2.83. The van der Waals surface area contributed by atoms with Gasteiger partial charge in [-0.3, -0.25) is 0 Å². The van der Waals surface area contributed by atoms with E-state index >= 15 is 0 Å². The van der Waals surface area contributed by atoms with Crippen LogP contribution in [0.2, 0.25) is 0 Å². The van der Waals surface area contributed by atoms with E-state index in [2.05, 4.69) is 11.6 Å². The van der Waals surface area contributed by atoms with Crippen molar-refractivity contribution in [2.45, 2.75) is 13.5 Å². The fourth-order valence-corrected chi connectivity index (χ4v) is 1.71. The van der Waals surface area contributed by atoms with Crippen molar-refractivity contribution in [1.29, 1.82) is 0 Å². The van der Waals surface area contributed by atoms with Crippen LogP contribution in [0.25, 0.3) is 11.3 Å². The zero-order valence-electron chi connectivity index (χ0n) is 11.1. The van der Waals surface area contributed by atoms with E-state index in [9.17, 15) is 4.79 Å². The van der Waals surface area contributed by atoms with Gasteiger partial charge in [0, 0.05) is 12.6 Å². The Labute approximate surface area is 112 Å². The lowest BCUT2D eigenvalue weighted by Gasteiger charge is -2.07. The van der Waals surface area contributed by atoms with Gasteiger partial charge >= 0.3 is 5.97 Å². The Kier molecular flexibility index (Phi) is 3.80. The number of hydrogen-bond acceptors (Lipinski definition) is 3. The van der Waals surface area contributed by atoms with Crippen LogP contribution in [0.15, 0.2) is 48.7 Å². The molecule has 4 heteroatoms. The molecule has 0 N–H and O–H groups in total. The molecule has 0 aliphatic heterocycles. The molecule has 98 valence electrons. The number of imidazole rings is 1. The van der Waals surface area contributed by atoms with Gasteiger partial charge in [-0.05, 0) is 12.5 Å². The van der Waals surface area contributed by atoms with Crippen molar-refractivity contribution in [3.8, 4) is 11.3 Å². The largest absolute Gasteiger partial charge is 0.454 e. The first kappa shape index (κ1) is 13.1. The van der Waals surface area contributed by atoms with E-state index in [0.717, 1.165) is 11.3 Å². The second-order valence-corrected chi connectivity index (χ2v) is 4.34. The monoisotopic (exact) mass is 256 g/mol. The Hall–Kier alpha value is -2.36. The first-order valence-corrected chi connectivity index (χ1v) is 5.98. The van der Waals surface area contributed by atoms with Crippen LogP contribution in [-0.2, 0) is 23.2 Å². The topological polar surface area (TPSA) is 44.1 Å². The average molecular weight is 256 g/mol. The number of nitrogens with zero attached hydrogens (tertiary/aromatic N) is 2. The SMILES string of the molecule is C=C(C)C(=O)OCc1ncc(-c2ccccc2)n1C. The highest BCUT2D eigenvalue weighted by Gasteiger charge is 2.10. The molecule has 0 spiro atoms. The summed E-state index contributed by atoms with van der Waals surface area (Å²) in [5, 5.41) is 0. The first-order valence-electron chi connectivity index (χ1n) is 5.98. The van der Waals surface area contributed by atoms with Gasteiger partial charge in [0.25, 0.3) is 0 Å². The van der Waals surface area contributed by atoms with E-state index in [1.54, 1.807) is 13.1 Å². The maximum Gasteiger partial charge on any atom is 0.333 e. The second kappa shape index (κ2) is 5.52. The fourth-order valence-electron chi connectivity index (χ4n) is 1.71. The van der Waals surface area contributed by atoms with Gasteiger partial charge < -0.3 is 9.30 Å². The molecule has 0 saturated heterocycles. The van der Waals surface area contributed by atoms with Crippen molar-refractivity contribution < 1.29 is 9.53 Å². The Morgan fingerprint density at radius 2 is 2.05 bits per heavy atom. The van der Waals surface area contributed by atoms with Crippen molar-refractivity contribution in [3.63, 3.8) is 0 Å². The van der Waals surface area contributed by atoms with Gasteiger partial charge in [-0.25, -0.2) is 9.78 Å². The van der Waals surface area contributed by atoms with E-state index in [4.69, 9.17) is 4.74 Å². The minimum absolute atomic E-state index is 0.148. The van der Waals surface area contributed by atoms with Gasteiger partial charge in [0.1, 0.15) is 12.4 Å². The molecule has 0 unspecified atom stereocenters. The molecular formula is C15H16N2O2. The minimum atomic E-state index is -0.399. The van der Waals surface area contributed by atoms with Gasteiger partial charge in [0.2, 0.25) is 0 Å². The van der Waals surface area contributed by atoms with Crippen LogP contribution < -0.4 is 0 Å². The number of hydrogen-bond donors (Lipinski definition) is 0. The summed E-state index contributed by atoms with van der Waals surface area (Å²) >= 11 is 0. The maximum atomic E-state index is 11.3. The molecule has 0 aliphatic carbocycles. The number of esters is 1. The van der Waals surface area contributed by atoms with E-state index in [1.165, 1.54) is 0 Å². The molecule has 4 nitrogen and oxygen atoms in total. The molecular weight excluding hydrogens is 240 g/mol. The lowest BCUT2D eigenvalue weighted by molar-refractivity contribution is -0.140. The summed E-state index contributed by atoms with van der Waals surface area (Å²) in [6.45, 7) is 5.31. The molecule has 1 aromatic carbocycles. The normalized spacial score (nSPS) is 10.2. The molecule has 1 heterocycles. The van der Waals surface area contributed by atoms with Crippen LogP contribution >= 0.6 is 0 Å². The van der Waals surface area contributed by atoms with Crippen LogP contribution in [0.4, 0.5) is 0 Å². The summed E-state index contributed by atoms with van der Waals surface area (Å²) in [5.74, 6) is 0.303. The van der Waals surface area contributed by atoms with Crippen LogP contribution in [0.5, 0.6) is 0 Å². The Morgan fingerprint density at radius 3 is 2.68 bits per heavy atom. The predicted octanol–water partition coefficient (Wildman–Crippen LogP) is 2.71. The van der Waals surface area contributed by atoms with E-state index in [1.807, 2.05) is 41.9 Å². The number of aromatic nitrogens is 2. The van der Waals surface area contributed by atoms with Crippen LogP contribution in [0.3, 0.4) is 0 Å². The molecule has 0 atom stereocenters. The third-order valence-corrected chi connectivity index (χ3v) is 2.83. The number of rotatable bonds is 4. The molecule has 2 aromatic rings. The average Bonchev–Trinajstić information content (AvgIpc) is 2.78. The standard InChI is InChI=1S/C15H16N2O2/c1-11(2)15(18)19-10-14-16-9-13(17(14)3)12-7-5-4-6-8-12/h4-9H,1,10H2,2-3H3.